The molecule has 0 saturated heterocycles. The van der Waals surface area contributed by atoms with E-state index in [0.29, 0.717) is 0 Å². The van der Waals surface area contributed by atoms with Crippen LogP contribution >= 0.6 is 22.7 Å². The molecule has 0 saturated carbocycles. The third-order valence-electron chi connectivity index (χ3n) is 1.94. The standard InChI is InChI=1S/C7H18Cl2Si2/c1-4-10(7-8)5-6-11(2,3)9/h10H,4-7H2,1-3H3. The van der Waals surface area contributed by atoms with Crippen molar-refractivity contribution in [1.82, 2.24) is 0 Å². The molecule has 0 nitrogen and oxygen atoms in total. The molecule has 0 aromatic carbocycles. The smallest absolute Gasteiger partial charge is 0.150 e. The molecule has 0 fully saturated rings. The topological polar surface area (TPSA) is 0 Å². The minimum Gasteiger partial charge on any atom is -0.168 e. The lowest BCUT2D eigenvalue weighted by Gasteiger charge is -2.15. The first kappa shape index (κ1) is 12.0. The third kappa shape index (κ3) is 7.38. The van der Waals surface area contributed by atoms with E-state index in [2.05, 4.69) is 20.0 Å². The van der Waals surface area contributed by atoms with Gasteiger partial charge in [0.2, 0.25) is 0 Å². The minimum absolute atomic E-state index is 0.576. The maximum absolute atomic E-state index is 6.21. The second-order valence-corrected chi connectivity index (χ2v) is 15.1. The van der Waals surface area contributed by atoms with Crippen LogP contribution in [0.15, 0.2) is 0 Å². The number of hydrogen-bond donors (Lipinski definition) is 0. The Bertz CT molecular complexity index is 97.1. The molecule has 4 heteroatoms. The molecule has 0 aliphatic carbocycles. The Balaban J connectivity index is 3.51. The van der Waals surface area contributed by atoms with Gasteiger partial charge in [0.05, 0.1) is 8.80 Å². The van der Waals surface area contributed by atoms with Crippen LogP contribution in [0.1, 0.15) is 6.92 Å². The summed E-state index contributed by atoms with van der Waals surface area (Å²) in [4.78, 5) is 0. The summed E-state index contributed by atoms with van der Waals surface area (Å²) in [5.41, 5.74) is 0.928. The highest BCUT2D eigenvalue weighted by molar-refractivity contribution is 7.19. The van der Waals surface area contributed by atoms with Crippen LogP contribution < -0.4 is 0 Å². The fourth-order valence-electron chi connectivity index (χ4n) is 0.938. The Morgan fingerprint density at radius 2 is 1.91 bits per heavy atom. The minimum atomic E-state index is -1.30. The summed E-state index contributed by atoms with van der Waals surface area (Å²) in [5, 5.41) is 0. The molecular weight excluding hydrogens is 211 g/mol. The zero-order valence-corrected chi connectivity index (χ0v) is 11.3. The van der Waals surface area contributed by atoms with Gasteiger partial charge in [-0.2, -0.15) is 11.1 Å². The molecule has 0 amide bonds. The second kappa shape index (κ2) is 5.62. The molecule has 0 bridgehead atoms. The van der Waals surface area contributed by atoms with E-state index in [1.165, 1.54) is 18.1 Å². The maximum atomic E-state index is 6.21. The van der Waals surface area contributed by atoms with Crippen molar-refractivity contribution in [3.63, 3.8) is 0 Å². The van der Waals surface area contributed by atoms with E-state index in [0.717, 1.165) is 5.50 Å². The molecule has 11 heavy (non-hydrogen) atoms. The Labute approximate surface area is 82.6 Å². The van der Waals surface area contributed by atoms with Gasteiger partial charge in [0.1, 0.15) is 7.38 Å². The molecule has 0 aromatic heterocycles. The van der Waals surface area contributed by atoms with Crippen LogP contribution in [-0.2, 0) is 0 Å². The molecule has 0 spiro atoms. The quantitative estimate of drug-likeness (QED) is 0.385. The Morgan fingerprint density at radius 3 is 2.18 bits per heavy atom. The lowest BCUT2D eigenvalue weighted by Crippen LogP contribution is -2.21. The van der Waals surface area contributed by atoms with Gasteiger partial charge in [-0.3, -0.25) is 0 Å². The fraction of sp³-hybridized carbons (Fsp3) is 1.00. The lowest BCUT2D eigenvalue weighted by atomic mass is 10.9. The first-order valence-corrected chi connectivity index (χ1v) is 11.4. The molecule has 0 N–H and O–H groups in total. The van der Waals surface area contributed by atoms with Crippen molar-refractivity contribution >= 4 is 38.9 Å². The highest BCUT2D eigenvalue weighted by atomic mass is 35.6. The molecule has 68 valence electrons. The molecule has 0 aliphatic heterocycles. The first-order valence-electron chi connectivity index (χ1n) is 4.24. The van der Waals surface area contributed by atoms with Crippen molar-refractivity contribution < 1.29 is 0 Å². The van der Waals surface area contributed by atoms with E-state index in [-0.39, 0.29) is 0 Å². The largest absolute Gasteiger partial charge is 0.168 e. The summed E-state index contributed by atoms with van der Waals surface area (Å²) in [6.07, 6.45) is 0. The van der Waals surface area contributed by atoms with Gasteiger partial charge < -0.3 is 0 Å². The zero-order valence-electron chi connectivity index (χ0n) is 7.66. The summed E-state index contributed by atoms with van der Waals surface area (Å²) in [6.45, 7) is 6.68. The van der Waals surface area contributed by atoms with Gasteiger partial charge in [0.25, 0.3) is 0 Å². The average molecular weight is 229 g/mol. The fourth-order valence-corrected chi connectivity index (χ4v) is 8.20. The van der Waals surface area contributed by atoms with Crippen LogP contribution in [0, 0.1) is 0 Å². The monoisotopic (exact) mass is 228 g/mol. The Hall–Kier alpha value is 1.01. The molecule has 0 heterocycles. The van der Waals surface area contributed by atoms with Crippen LogP contribution in [-0.4, -0.2) is 21.7 Å². The summed E-state index contributed by atoms with van der Waals surface area (Å²) < 4.78 is 0. The van der Waals surface area contributed by atoms with E-state index in [9.17, 15) is 0 Å². The predicted octanol–water partition coefficient (Wildman–Crippen LogP) is 3.46. The van der Waals surface area contributed by atoms with E-state index in [1.54, 1.807) is 0 Å². The van der Waals surface area contributed by atoms with Crippen molar-refractivity contribution in [3.8, 4) is 0 Å². The van der Waals surface area contributed by atoms with Gasteiger partial charge in [-0.15, -0.1) is 11.6 Å². The van der Waals surface area contributed by atoms with Crippen LogP contribution in [0.4, 0.5) is 0 Å². The van der Waals surface area contributed by atoms with E-state index in [1.807, 2.05) is 0 Å². The van der Waals surface area contributed by atoms with Crippen molar-refractivity contribution in [2.45, 2.75) is 38.2 Å². The van der Waals surface area contributed by atoms with Crippen LogP contribution in [0.3, 0.4) is 0 Å². The number of hydrogen-bond acceptors (Lipinski definition) is 0. The zero-order chi connectivity index (χ0) is 8.91. The first-order chi connectivity index (χ1) is 4.99. The summed E-state index contributed by atoms with van der Waals surface area (Å²) in [6, 6.07) is 3.93. The molecule has 0 radical (unpaired) electrons. The van der Waals surface area contributed by atoms with Gasteiger partial charge in [0.15, 0.2) is 0 Å². The van der Waals surface area contributed by atoms with Gasteiger partial charge >= 0.3 is 0 Å². The van der Waals surface area contributed by atoms with Gasteiger partial charge in [-0.05, 0) is 6.04 Å². The van der Waals surface area contributed by atoms with Gasteiger partial charge in [0, 0.05) is 5.50 Å². The summed E-state index contributed by atoms with van der Waals surface area (Å²) in [5.74, 6) is 0. The molecular formula is C7H18Cl2Si2. The van der Waals surface area contributed by atoms with Crippen molar-refractivity contribution in [2.75, 3.05) is 5.50 Å². The number of alkyl halides is 1. The molecule has 0 aliphatic rings. The van der Waals surface area contributed by atoms with Crippen molar-refractivity contribution in [2.24, 2.45) is 0 Å². The van der Waals surface area contributed by atoms with Crippen molar-refractivity contribution in [1.29, 1.82) is 0 Å². The highest BCUT2D eigenvalue weighted by Crippen LogP contribution is 2.19. The Morgan fingerprint density at radius 1 is 1.36 bits per heavy atom. The van der Waals surface area contributed by atoms with Gasteiger partial charge in [-0.25, -0.2) is 0 Å². The predicted molar refractivity (Wildman–Crippen MR) is 61.3 cm³/mol. The number of halogens is 2. The molecule has 0 rings (SSSR count). The lowest BCUT2D eigenvalue weighted by molar-refractivity contribution is 1.27. The SMILES string of the molecule is CC[SiH](CCl)CC[Si](C)(C)Cl. The summed E-state index contributed by atoms with van der Waals surface area (Å²) >= 11 is 12.0. The van der Waals surface area contributed by atoms with Crippen LogP contribution in [0.5, 0.6) is 0 Å². The summed E-state index contributed by atoms with van der Waals surface area (Å²) in [7, 11) is -1.88. The van der Waals surface area contributed by atoms with E-state index in [4.69, 9.17) is 22.7 Å². The molecule has 1 unspecified atom stereocenters. The highest BCUT2D eigenvalue weighted by Gasteiger charge is 2.18. The third-order valence-corrected chi connectivity index (χ3v) is 8.57. The van der Waals surface area contributed by atoms with Crippen LogP contribution in [0.25, 0.3) is 0 Å². The normalized spacial score (nSPS) is 15.0. The van der Waals surface area contributed by atoms with E-state index >= 15 is 0 Å². The van der Waals surface area contributed by atoms with Gasteiger partial charge in [-0.1, -0.05) is 32.1 Å². The number of rotatable bonds is 5. The van der Waals surface area contributed by atoms with Crippen LogP contribution in [0.2, 0.25) is 31.2 Å². The molecule has 1 atom stereocenters. The molecule has 0 aromatic rings. The maximum Gasteiger partial charge on any atom is 0.150 e. The average Bonchev–Trinajstić information content (AvgIpc) is 1.88. The van der Waals surface area contributed by atoms with Crippen molar-refractivity contribution in [3.05, 3.63) is 0 Å². The Kier molecular flexibility index (Phi) is 6.14. The van der Waals surface area contributed by atoms with E-state index < -0.39 is 16.2 Å². The second-order valence-electron chi connectivity index (χ2n) is 3.69.